The summed E-state index contributed by atoms with van der Waals surface area (Å²) < 4.78 is 0. The van der Waals surface area contributed by atoms with Crippen LogP contribution < -0.4 is 5.32 Å². The molecule has 1 heterocycles. The Kier molecular flexibility index (Phi) is 6.74. The Balaban J connectivity index is 2.36. The summed E-state index contributed by atoms with van der Waals surface area (Å²) in [6, 6.07) is -0.454. The second-order valence-corrected chi connectivity index (χ2v) is 5.20. The molecule has 7 nitrogen and oxygen atoms in total. The first-order valence-electron chi connectivity index (χ1n) is 7.09. The number of carboxylic acids is 1. The normalized spacial score (nSPS) is 17.9. The van der Waals surface area contributed by atoms with Crippen LogP contribution in [0.4, 0.5) is 4.79 Å². The molecular formula is C13H26N4O3. The van der Waals surface area contributed by atoms with Crippen LogP contribution in [0.3, 0.4) is 0 Å². The molecule has 0 aromatic heterocycles. The summed E-state index contributed by atoms with van der Waals surface area (Å²) in [4.78, 5) is 28.6. The zero-order chi connectivity index (χ0) is 15.1. The van der Waals surface area contributed by atoms with Gasteiger partial charge in [0.2, 0.25) is 0 Å². The van der Waals surface area contributed by atoms with Crippen molar-refractivity contribution in [3.63, 3.8) is 0 Å². The van der Waals surface area contributed by atoms with Crippen LogP contribution in [-0.2, 0) is 4.79 Å². The van der Waals surface area contributed by atoms with Crippen LogP contribution in [0, 0.1) is 0 Å². The van der Waals surface area contributed by atoms with E-state index in [9.17, 15) is 9.59 Å². The zero-order valence-electron chi connectivity index (χ0n) is 12.6. The van der Waals surface area contributed by atoms with Crippen LogP contribution in [0.5, 0.6) is 0 Å². The lowest BCUT2D eigenvalue weighted by atomic mass is 10.2. The van der Waals surface area contributed by atoms with E-state index in [-0.39, 0.29) is 6.03 Å². The summed E-state index contributed by atoms with van der Waals surface area (Å²) in [6.07, 6.45) is 0.925. The topological polar surface area (TPSA) is 76.1 Å². The molecule has 0 radical (unpaired) electrons. The molecule has 2 amide bonds. The molecule has 0 aliphatic carbocycles. The summed E-state index contributed by atoms with van der Waals surface area (Å²) in [7, 11) is 3.70. The molecule has 1 fully saturated rings. The van der Waals surface area contributed by atoms with Gasteiger partial charge in [0.15, 0.2) is 0 Å². The second-order valence-electron chi connectivity index (χ2n) is 5.20. The van der Waals surface area contributed by atoms with Crippen LogP contribution in [-0.4, -0.2) is 91.2 Å². The summed E-state index contributed by atoms with van der Waals surface area (Å²) in [5, 5.41) is 12.0. The Morgan fingerprint density at radius 3 is 2.40 bits per heavy atom. The van der Waals surface area contributed by atoms with Crippen molar-refractivity contribution >= 4 is 12.0 Å². The maximum absolute atomic E-state index is 12.2. The molecular weight excluding hydrogens is 260 g/mol. The van der Waals surface area contributed by atoms with Crippen molar-refractivity contribution in [2.24, 2.45) is 0 Å². The van der Waals surface area contributed by atoms with Crippen molar-refractivity contribution in [3.8, 4) is 0 Å². The quantitative estimate of drug-likeness (QED) is 0.658. The van der Waals surface area contributed by atoms with Crippen molar-refractivity contribution in [3.05, 3.63) is 0 Å². The molecule has 0 aromatic rings. The largest absolute Gasteiger partial charge is 0.480 e. The molecule has 1 aliphatic rings. The minimum Gasteiger partial charge on any atom is -0.480 e. The Morgan fingerprint density at radius 1 is 1.30 bits per heavy atom. The van der Waals surface area contributed by atoms with Crippen LogP contribution in [0.2, 0.25) is 0 Å². The molecule has 20 heavy (non-hydrogen) atoms. The maximum Gasteiger partial charge on any atom is 0.320 e. The molecule has 116 valence electrons. The van der Waals surface area contributed by atoms with Gasteiger partial charge in [-0.05, 0) is 26.9 Å². The lowest BCUT2D eigenvalue weighted by Crippen LogP contribution is -2.55. The smallest absolute Gasteiger partial charge is 0.320 e. The maximum atomic E-state index is 12.2. The predicted octanol–water partition coefficient (Wildman–Crippen LogP) is -0.262. The third-order valence-corrected chi connectivity index (χ3v) is 3.74. The third kappa shape index (κ3) is 4.64. The van der Waals surface area contributed by atoms with Crippen LogP contribution in [0.1, 0.15) is 13.3 Å². The van der Waals surface area contributed by atoms with Gasteiger partial charge in [0.05, 0.1) is 0 Å². The lowest BCUT2D eigenvalue weighted by molar-refractivity contribution is -0.143. The van der Waals surface area contributed by atoms with E-state index in [0.717, 1.165) is 19.5 Å². The molecule has 0 aromatic carbocycles. The van der Waals surface area contributed by atoms with Gasteiger partial charge in [0.1, 0.15) is 6.04 Å². The minimum absolute atomic E-state index is 0.0312. The van der Waals surface area contributed by atoms with Crippen molar-refractivity contribution in [2.75, 3.05) is 53.4 Å². The monoisotopic (exact) mass is 286 g/mol. The highest BCUT2D eigenvalue weighted by Gasteiger charge is 2.28. The van der Waals surface area contributed by atoms with E-state index in [4.69, 9.17) is 5.11 Å². The molecule has 1 rings (SSSR count). The van der Waals surface area contributed by atoms with Gasteiger partial charge in [0, 0.05) is 39.8 Å². The second kappa shape index (κ2) is 8.06. The summed E-state index contributed by atoms with van der Waals surface area (Å²) in [6.45, 7) is 5.71. The number of carboxylic acid groups (broad SMARTS) is 1. The fourth-order valence-corrected chi connectivity index (χ4v) is 2.29. The van der Waals surface area contributed by atoms with E-state index >= 15 is 0 Å². The Morgan fingerprint density at radius 2 is 1.90 bits per heavy atom. The number of carbonyl (C=O) groups excluding carboxylic acids is 1. The first kappa shape index (κ1) is 16.7. The van der Waals surface area contributed by atoms with E-state index in [0.29, 0.717) is 26.2 Å². The fourth-order valence-electron chi connectivity index (χ4n) is 2.29. The first-order chi connectivity index (χ1) is 9.47. The van der Waals surface area contributed by atoms with Crippen molar-refractivity contribution in [2.45, 2.75) is 19.4 Å². The van der Waals surface area contributed by atoms with Crippen molar-refractivity contribution in [1.29, 1.82) is 0 Å². The summed E-state index contributed by atoms with van der Waals surface area (Å²) in [5.74, 6) is -0.811. The Labute approximate surface area is 120 Å². The number of amides is 2. The van der Waals surface area contributed by atoms with Gasteiger partial charge >= 0.3 is 12.0 Å². The average molecular weight is 286 g/mol. The zero-order valence-corrected chi connectivity index (χ0v) is 12.6. The van der Waals surface area contributed by atoms with E-state index in [2.05, 4.69) is 5.32 Å². The predicted molar refractivity (Wildman–Crippen MR) is 76.8 cm³/mol. The van der Waals surface area contributed by atoms with Crippen molar-refractivity contribution < 1.29 is 14.7 Å². The Hall–Kier alpha value is -1.34. The first-order valence-corrected chi connectivity index (χ1v) is 7.09. The van der Waals surface area contributed by atoms with Gasteiger partial charge in [0.25, 0.3) is 0 Å². The van der Waals surface area contributed by atoms with E-state index in [1.807, 2.05) is 19.0 Å². The molecule has 0 bridgehead atoms. The molecule has 0 saturated carbocycles. The molecule has 0 spiro atoms. The molecule has 1 unspecified atom stereocenters. The summed E-state index contributed by atoms with van der Waals surface area (Å²) >= 11 is 0. The van der Waals surface area contributed by atoms with Gasteiger partial charge in [-0.2, -0.15) is 0 Å². The van der Waals surface area contributed by atoms with Gasteiger partial charge in [-0.1, -0.05) is 0 Å². The van der Waals surface area contributed by atoms with Gasteiger partial charge in [-0.3, -0.25) is 9.69 Å². The number of aliphatic carboxylic acids is 1. The number of rotatable bonds is 6. The number of nitrogens with zero attached hydrogens (tertiary/aromatic N) is 3. The van der Waals surface area contributed by atoms with Crippen LogP contribution in [0.15, 0.2) is 0 Å². The standard InChI is InChI=1S/C13H26N4O3/c1-11(12(18)19)16-7-9-17(10-8-16)13(20)15(3)6-4-5-14-2/h11,14H,4-10H2,1-3H3,(H,18,19). The van der Waals surface area contributed by atoms with Gasteiger partial charge in [-0.15, -0.1) is 0 Å². The number of hydrogen-bond donors (Lipinski definition) is 2. The van der Waals surface area contributed by atoms with Gasteiger partial charge in [-0.25, -0.2) is 4.79 Å². The third-order valence-electron chi connectivity index (χ3n) is 3.74. The van der Waals surface area contributed by atoms with Gasteiger partial charge < -0.3 is 20.2 Å². The molecule has 1 saturated heterocycles. The van der Waals surface area contributed by atoms with E-state index in [1.165, 1.54) is 0 Å². The van der Waals surface area contributed by atoms with Crippen LogP contribution >= 0.6 is 0 Å². The molecule has 1 atom stereocenters. The molecule has 2 N–H and O–H groups in total. The minimum atomic E-state index is -0.811. The number of hydrogen-bond acceptors (Lipinski definition) is 4. The average Bonchev–Trinajstić information content (AvgIpc) is 2.46. The number of nitrogens with one attached hydrogen (secondary N) is 1. The number of urea groups is 1. The van der Waals surface area contributed by atoms with Crippen LogP contribution in [0.25, 0.3) is 0 Å². The highest BCUT2D eigenvalue weighted by molar-refractivity contribution is 5.75. The lowest BCUT2D eigenvalue weighted by Gasteiger charge is -2.38. The SMILES string of the molecule is CNCCCN(C)C(=O)N1CCN(C(C)C(=O)O)CC1. The molecule has 1 aliphatic heterocycles. The summed E-state index contributed by atoms with van der Waals surface area (Å²) in [5.41, 5.74) is 0. The fraction of sp³-hybridized carbons (Fsp3) is 0.846. The molecule has 7 heteroatoms. The number of piperazine rings is 1. The number of carbonyl (C=O) groups is 2. The highest BCUT2D eigenvalue weighted by Crippen LogP contribution is 2.08. The Bertz CT molecular complexity index is 330. The van der Waals surface area contributed by atoms with E-state index in [1.54, 1.807) is 16.7 Å². The highest BCUT2D eigenvalue weighted by atomic mass is 16.4. The van der Waals surface area contributed by atoms with E-state index < -0.39 is 12.0 Å². The van der Waals surface area contributed by atoms with Crippen molar-refractivity contribution in [1.82, 2.24) is 20.0 Å².